The van der Waals surface area contributed by atoms with Crippen molar-refractivity contribution in [3.05, 3.63) is 52.0 Å². The summed E-state index contributed by atoms with van der Waals surface area (Å²) in [6.07, 6.45) is 1.72. The zero-order valence-electron chi connectivity index (χ0n) is 11.9. The van der Waals surface area contributed by atoms with Crippen molar-refractivity contribution in [2.45, 2.75) is 19.4 Å². The molecule has 0 unspecified atom stereocenters. The molecule has 0 fully saturated rings. The Morgan fingerprint density at radius 3 is 2.67 bits per heavy atom. The first kappa shape index (κ1) is 15.2. The van der Waals surface area contributed by atoms with E-state index in [1.807, 2.05) is 19.2 Å². The van der Waals surface area contributed by atoms with Crippen LogP contribution >= 0.6 is 11.3 Å². The molecule has 0 bridgehead atoms. The van der Waals surface area contributed by atoms with E-state index in [4.69, 9.17) is 5.11 Å². The Kier molecular flexibility index (Phi) is 4.73. The van der Waals surface area contributed by atoms with Crippen LogP contribution < -0.4 is 5.32 Å². The number of thiazole rings is 1. The summed E-state index contributed by atoms with van der Waals surface area (Å²) in [5, 5.41) is 14.4. The van der Waals surface area contributed by atoms with Crippen molar-refractivity contribution in [3.8, 4) is 11.8 Å². The summed E-state index contributed by atoms with van der Waals surface area (Å²) >= 11 is 1.51. The van der Waals surface area contributed by atoms with Crippen molar-refractivity contribution in [2.75, 3.05) is 6.61 Å². The highest BCUT2D eigenvalue weighted by Crippen LogP contribution is 2.22. The second-order valence-corrected chi connectivity index (χ2v) is 5.85. The van der Waals surface area contributed by atoms with Gasteiger partial charge in [0.05, 0.1) is 5.54 Å². The van der Waals surface area contributed by atoms with Crippen LogP contribution in [0.15, 0.2) is 35.8 Å². The van der Waals surface area contributed by atoms with Crippen LogP contribution in [0.25, 0.3) is 0 Å². The predicted octanol–water partition coefficient (Wildman–Crippen LogP) is 2.15. The maximum Gasteiger partial charge on any atom is 0.252 e. The lowest BCUT2D eigenvalue weighted by Crippen LogP contribution is -2.40. The minimum Gasteiger partial charge on any atom is -0.384 e. The summed E-state index contributed by atoms with van der Waals surface area (Å²) in [6.45, 7) is 3.67. The van der Waals surface area contributed by atoms with Gasteiger partial charge in [0.2, 0.25) is 0 Å². The summed E-state index contributed by atoms with van der Waals surface area (Å²) in [5.41, 5.74) is 0.814. The number of nitrogens with one attached hydrogen (secondary N) is 1. The number of carbonyl (C=O) groups is 1. The van der Waals surface area contributed by atoms with E-state index in [2.05, 4.69) is 22.1 Å². The van der Waals surface area contributed by atoms with Crippen LogP contribution in [0.4, 0.5) is 0 Å². The van der Waals surface area contributed by atoms with Gasteiger partial charge < -0.3 is 10.4 Å². The Bertz CT molecular complexity index is 665. The Morgan fingerprint density at radius 2 is 2.10 bits per heavy atom. The van der Waals surface area contributed by atoms with E-state index < -0.39 is 5.54 Å². The fourth-order valence-corrected chi connectivity index (χ4v) is 2.51. The van der Waals surface area contributed by atoms with Crippen molar-refractivity contribution >= 4 is 17.2 Å². The van der Waals surface area contributed by atoms with E-state index >= 15 is 0 Å². The van der Waals surface area contributed by atoms with Gasteiger partial charge in [0.15, 0.2) is 0 Å². The van der Waals surface area contributed by atoms with Gasteiger partial charge in [-0.05, 0) is 38.1 Å². The Balaban J connectivity index is 2.10. The number of carbonyl (C=O) groups excluding carboxylic acids is 1. The molecule has 1 aromatic carbocycles. The number of benzene rings is 1. The normalized spacial score (nSPS) is 10.6. The molecule has 0 atom stereocenters. The van der Waals surface area contributed by atoms with E-state index in [0.29, 0.717) is 5.56 Å². The first-order valence-corrected chi connectivity index (χ1v) is 7.33. The second kappa shape index (κ2) is 6.53. The third-order valence-corrected chi connectivity index (χ3v) is 3.95. The smallest absolute Gasteiger partial charge is 0.252 e. The molecule has 1 heterocycles. The van der Waals surface area contributed by atoms with Gasteiger partial charge in [0.1, 0.15) is 11.6 Å². The number of aliphatic hydroxyl groups excluding tert-OH is 1. The molecule has 0 saturated carbocycles. The molecule has 0 saturated heterocycles. The van der Waals surface area contributed by atoms with Crippen molar-refractivity contribution in [1.82, 2.24) is 10.3 Å². The van der Waals surface area contributed by atoms with Gasteiger partial charge in [0, 0.05) is 22.7 Å². The van der Waals surface area contributed by atoms with Crippen LogP contribution in [0.5, 0.6) is 0 Å². The molecule has 4 nitrogen and oxygen atoms in total. The topological polar surface area (TPSA) is 62.2 Å². The number of aromatic nitrogens is 1. The first-order valence-electron chi connectivity index (χ1n) is 6.45. The summed E-state index contributed by atoms with van der Waals surface area (Å²) < 4.78 is 0. The number of rotatable bonds is 3. The van der Waals surface area contributed by atoms with E-state index in [1.54, 1.807) is 30.5 Å². The van der Waals surface area contributed by atoms with Gasteiger partial charge in [-0.15, -0.1) is 11.3 Å². The maximum atomic E-state index is 12.3. The highest BCUT2D eigenvalue weighted by atomic mass is 32.1. The second-order valence-electron chi connectivity index (χ2n) is 4.95. The number of hydrogen-bond acceptors (Lipinski definition) is 4. The lowest BCUT2D eigenvalue weighted by Gasteiger charge is -2.23. The molecule has 21 heavy (non-hydrogen) atoms. The van der Waals surface area contributed by atoms with Crippen LogP contribution in [0, 0.1) is 11.8 Å². The zero-order valence-corrected chi connectivity index (χ0v) is 12.7. The molecular weight excluding hydrogens is 284 g/mol. The minimum absolute atomic E-state index is 0.156. The monoisotopic (exact) mass is 300 g/mol. The van der Waals surface area contributed by atoms with Crippen LogP contribution in [0.2, 0.25) is 0 Å². The van der Waals surface area contributed by atoms with Gasteiger partial charge in [-0.3, -0.25) is 4.79 Å². The highest BCUT2D eigenvalue weighted by Gasteiger charge is 2.25. The van der Waals surface area contributed by atoms with E-state index in [-0.39, 0.29) is 12.5 Å². The van der Waals surface area contributed by atoms with E-state index in [1.165, 1.54) is 11.3 Å². The third kappa shape index (κ3) is 3.91. The number of nitrogens with zero attached hydrogens (tertiary/aromatic N) is 1. The molecular formula is C16H16N2O2S. The summed E-state index contributed by atoms with van der Waals surface area (Å²) in [6, 6.07) is 6.95. The quantitative estimate of drug-likeness (QED) is 0.854. The molecule has 108 valence electrons. The number of aliphatic hydroxyl groups is 1. The molecule has 0 aliphatic heterocycles. The molecule has 2 N–H and O–H groups in total. The molecule has 0 radical (unpaired) electrons. The van der Waals surface area contributed by atoms with Crippen LogP contribution in [0.3, 0.4) is 0 Å². The molecule has 2 rings (SSSR count). The van der Waals surface area contributed by atoms with Crippen molar-refractivity contribution < 1.29 is 9.90 Å². The van der Waals surface area contributed by atoms with E-state index in [0.717, 1.165) is 10.6 Å². The van der Waals surface area contributed by atoms with Gasteiger partial charge >= 0.3 is 0 Å². The minimum atomic E-state index is -0.513. The Morgan fingerprint density at radius 1 is 1.38 bits per heavy atom. The number of amides is 1. The molecule has 0 aliphatic rings. The average molecular weight is 300 g/mol. The van der Waals surface area contributed by atoms with Gasteiger partial charge in [0.25, 0.3) is 5.91 Å². The lowest BCUT2D eigenvalue weighted by atomic mass is 10.1. The fourth-order valence-electron chi connectivity index (χ4n) is 1.79. The predicted molar refractivity (Wildman–Crippen MR) is 83.0 cm³/mol. The molecule has 0 aliphatic carbocycles. The molecule has 1 amide bonds. The number of hydrogen-bond donors (Lipinski definition) is 2. The summed E-state index contributed by atoms with van der Waals surface area (Å²) in [5.74, 6) is 5.20. The van der Waals surface area contributed by atoms with Gasteiger partial charge in [-0.2, -0.15) is 0 Å². The van der Waals surface area contributed by atoms with Crippen LogP contribution in [-0.2, 0) is 5.54 Å². The first-order chi connectivity index (χ1) is 10.0. The van der Waals surface area contributed by atoms with E-state index in [9.17, 15) is 4.79 Å². The standard InChI is InChI=1S/C16H16N2O2S/c1-16(2,15-17-9-11-21-15)18-14(20)13-7-5-12(6-8-13)4-3-10-19/h5-9,11,19H,10H2,1-2H3,(H,18,20). The van der Waals surface area contributed by atoms with Crippen LogP contribution in [-0.4, -0.2) is 22.6 Å². The van der Waals surface area contributed by atoms with Gasteiger partial charge in [-0.25, -0.2) is 4.98 Å². The average Bonchev–Trinajstić information content (AvgIpc) is 3.00. The van der Waals surface area contributed by atoms with Crippen molar-refractivity contribution in [3.63, 3.8) is 0 Å². The largest absolute Gasteiger partial charge is 0.384 e. The summed E-state index contributed by atoms with van der Waals surface area (Å²) in [4.78, 5) is 16.5. The van der Waals surface area contributed by atoms with Crippen molar-refractivity contribution in [1.29, 1.82) is 0 Å². The molecule has 1 aromatic heterocycles. The molecule has 5 heteroatoms. The Hall–Kier alpha value is -2.16. The zero-order chi connectivity index (χ0) is 15.3. The maximum absolute atomic E-state index is 12.3. The Labute approximate surface area is 127 Å². The molecule has 0 spiro atoms. The van der Waals surface area contributed by atoms with Gasteiger partial charge in [-0.1, -0.05) is 11.8 Å². The highest BCUT2D eigenvalue weighted by molar-refractivity contribution is 7.09. The SMILES string of the molecule is CC(C)(NC(=O)c1ccc(C#CCO)cc1)c1nccs1. The van der Waals surface area contributed by atoms with Crippen LogP contribution in [0.1, 0.15) is 34.8 Å². The van der Waals surface area contributed by atoms with Crippen molar-refractivity contribution in [2.24, 2.45) is 0 Å². The third-order valence-electron chi connectivity index (χ3n) is 2.85. The lowest BCUT2D eigenvalue weighted by molar-refractivity contribution is 0.0912. The molecule has 2 aromatic rings. The summed E-state index contributed by atoms with van der Waals surface area (Å²) in [7, 11) is 0. The fraction of sp³-hybridized carbons (Fsp3) is 0.250.